The Morgan fingerprint density at radius 3 is 2.57 bits per heavy atom. The number of hydrogen-bond acceptors (Lipinski definition) is 2. The van der Waals surface area contributed by atoms with Crippen molar-refractivity contribution in [2.24, 2.45) is 5.92 Å². The van der Waals surface area contributed by atoms with E-state index in [9.17, 15) is 4.79 Å². The number of carbonyl (C=O) groups excluding carboxylic acids is 1. The second kappa shape index (κ2) is 7.96. The molecule has 1 amide bonds. The van der Waals surface area contributed by atoms with Crippen LogP contribution in [-0.4, -0.2) is 36.0 Å². The van der Waals surface area contributed by atoms with Crippen LogP contribution in [0.15, 0.2) is 30.3 Å². The Labute approximate surface area is 141 Å². The first kappa shape index (κ1) is 18.0. The number of nitrogens with one attached hydrogen (secondary N) is 1. The molecule has 23 heavy (non-hydrogen) atoms. The summed E-state index contributed by atoms with van der Waals surface area (Å²) in [5, 5.41) is 3.10. The molecule has 1 aliphatic heterocycles. The number of rotatable bonds is 5. The first-order chi connectivity index (χ1) is 10.9. The Balaban J connectivity index is 1.97. The highest BCUT2D eigenvalue weighted by Gasteiger charge is 2.35. The number of benzene rings is 1. The summed E-state index contributed by atoms with van der Waals surface area (Å²) >= 11 is 0. The second-order valence-corrected chi connectivity index (χ2v) is 7.69. The third-order valence-electron chi connectivity index (χ3n) is 5.02. The molecule has 0 aliphatic carbocycles. The van der Waals surface area contributed by atoms with Crippen molar-refractivity contribution in [1.82, 2.24) is 10.2 Å². The summed E-state index contributed by atoms with van der Waals surface area (Å²) in [5.41, 5.74) is 1.01. The van der Waals surface area contributed by atoms with Gasteiger partial charge in [-0.15, -0.1) is 0 Å². The molecule has 1 aromatic carbocycles. The smallest absolute Gasteiger partial charge is 0.239 e. The third-order valence-corrected chi connectivity index (χ3v) is 5.02. The second-order valence-electron chi connectivity index (χ2n) is 7.69. The Morgan fingerprint density at radius 1 is 1.22 bits per heavy atom. The Hall–Kier alpha value is -1.35. The standard InChI is InChI=1S/C20H32N2O/c1-16(2)15-21-19(23)20(3,4)22-13-8-11-18(12-14-22)17-9-6-5-7-10-17/h5-7,9-10,16,18H,8,11-15H2,1-4H3,(H,21,23). The molecule has 1 fully saturated rings. The van der Waals surface area contributed by atoms with Crippen LogP contribution in [0.2, 0.25) is 0 Å². The van der Waals surface area contributed by atoms with Gasteiger partial charge in [0.15, 0.2) is 0 Å². The lowest BCUT2D eigenvalue weighted by molar-refractivity contribution is -0.131. The van der Waals surface area contributed by atoms with Crippen molar-refractivity contribution < 1.29 is 4.79 Å². The van der Waals surface area contributed by atoms with Gasteiger partial charge in [0.05, 0.1) is 5.54 Å². The topological polar surface area (TPSA) is 32.3 Å². The van der Waals surface area contributed by atoms with Crippen molar-refractivity contribution in [3.8, 4) is 0 Å². The molecule has 0 radical (unpaired) electrons. The van der Waals surface area contributed by atoms with Gasteiger partial charge in [-0.1, -0.05) is 44.2 Å². The van der Waals surface area contributed by atoms with Crippen LogP contribution in [0.25, 0.3) is 0 Å². The molecule has 0 bridgehead atoms. The van der Waals surface area contributed by atoms with Crippen LogP contribution >= 0.6 is 0 Å². The van der Waals surface area contributed by atoms with E-state index in [-0.39, 0.29) is 5.91 Å². The SMILES string of the molecule is CC(C)CNC(=O)C(C)(C)N1CCCC(c2ccccc2)CC1. The fraction of sp³-hybridized carbons (Fsp3) is 0.650. The predicted octanol–water partition coefficient (Wildman–Crippen LogP) is 3.81. The lowest BCUT2D eigenvalue weighted by atomic mass is 9.92. The molecular weight excluding hydrogens is 284 g/mol. The average Bonchev–Trinajstić information content (AvgIpc) is 2.79. The van der Waals surface area contributed by atoms with Gasteiger partial charge >= 0.3 is 0 Å². The van der Waals surface area contributed by atoms with Gasteiger partial charge < -0.3 is 5.32 Å². The maximum Gasteiger partial charge on any atom is 0.239 e. The summed E-state index contributed by atoms with van der Waals surface area (Å²) in [6.45, 7) is 11.1. The van der Waals surface area contributed by atoms with Crippen LogP contribution in [0.4, 0.5) is 0 Å². The van der Waals surface area contributed by atoms with Crippen molar-refractivity contribution in [3.63, 3.8) is 0 Å². The van der Waals surface area contributed by atoms with Crippen LogP contribution in [0.3, 0.4) is 0 Å². The van der Waals surface area contributed by atoms with Crippen molar-refractivity contribution in [3.05, 3.63) is 35.9 Å². The zero-order valence-corrected chi connectivity index (χ0v) is 15.1. The van der Waals surface area contributed by atoms with E-state index in [0.29, 0.717) is 11.8 Å². The monoisotopic (exact) mass is 316 g/mol. The van der Waals surface area contributed by atoms with Crippen LogP contribution in [0, 0.1) is 5.92 Å². The van der Waals surface area contributed by atoms with E-state index in [0.717, 1.165) is 32.5 Å². The summed E-state index contributed by atoms with van der Waals surface area (Å²) < 4.78 is 0. The van der Waals surface area contributed by atoms with Crippen molar-refractivity contribution in [2.75, 3.05) is 19.6 Å². The van der Waals surface area contributed by atoms with Crippen LogP contribution in [0.5, 0.6) is 0 Å². The number of amides is 1. The minimum atomic E-state index is -0.430. The summed E-state index contributed by atoms with van der Waals surface area (Å²) in [6, 6.07) is 10.8. The first-order valence-electron chi connectivity index (χ1n) is 8.99. The minimum Gasteiger partial charge on any atom is -0.354 e. The molecule has 3 nitrogen and oxygen atoms in total. The molecule has 1 saturated heterocycles. The maximum absolute atomic E-state index is 12.6. The van der Waals surface area contributed by atoms with E-state index >= 15 is 0 Å². The summed E-state index contributed by atoms with van der Waals surface area (Å²) in [5.74, 6) is 1.27. The predicted molar refractivity (Wildman–Crippen MR) is 96.5 cm³/mol. The fourth-order valence-electron chi connectivity index (χ4n) is 3.37. The molecular formula is C20H32N2O. The summed E-state index contributed by atoms with van der Waals surface area (Å²) in [7, 11) is 0. The van der Waals surface area contributed by atoms with E-state index < -0.39 is 5.54 Å². The molecule has 0 spiro atoms. The van der Waals surface area contributed by atoms with Gasteiger partial charge in [-0.3, -0.25) is 9.69 Å². The van der Waals surface area contributed by atoms with Gasteiger partial charge in [-0.2, -0.15) is 0 Å². The molecule has 2 rings (SSSR count). The first-order valence-corrected chi connectivity index (χ1v) is 8.99. The number of likely N-dealkylation sites (tertiary alicyclic amines) is 1. The van der Waals surface area contributed by atoms with Crippen LogP contribution in [-0.2, 0) is 4.79 Å². The minimum absolute atomic E-state index is 0.157. The highest BCUT2D eigenvalue weighted by molar-refractivity contribution is 5.85. The van der Waals surface area contributed by atoms with Crippen molar-refractivity contribution in [1.29, 1.82) is 0 Å². The highest BCUT2D eigenvalue weighted by Crippen LogP contribution is 2.30. The van der Waals surface area contributed by atoms with Gasteiger partial charge in [-0.05, 0) is 63.6 Å². The van der Waals surface area contributed by atoms with E-state index in [1.807, 2.05) is 0 Å². The lowest BCUT2D eigenvalue weighted by Gasteiger charge is -2.36. The lowest BCUT2D eigenvalue weighted by Crippen LogP contribution is -2.55. The summed E-state index contributed by atoms with van der Waals surface area (Å²) in [4.78, 5) is 14.9. The van der Waals surface area contributed by atoms with E-state index in [2.05, 4.69) is 68.2 Å². The molecule has 1 unspecified atom stereocenters. The van der Waals surface area contributed by atoms with Gasteiger partial charge in [0.2, 0.25) is 5.91 Å². The number of carbonyl (C=O) groups is 1. The number of nitrogens with zero attached hydrogens (tertiary/aromatic N) is 1. The van der Waals surface area contributed by atoms with E-state index in [1.54, 1.807) is 0 Å². The van der Waals surface area contributed by atoms with Gasteiger partial charge in [0.1, 0.15) is 0 Å². The normalized spacial score (nSPS) is 20.3. The molecule has 1 aliphatic rings. The van der Waals surface area contributed by atoms with E-state index in [1.165, 1.54) is 12.0 Å². The fourth-order valence-corrected chi connectivity index (χ4v) is 3.37. The Kier molecular flexibility index (Phi) is 6.23. The Bertz CT molecular complexity index is 496. The molecule has 128 valence electrons. The van der Waals surface area contributed by atoms with Crippen molar-refractivity contribution in [2.45, 2.75) is 58.4 Å². The molecule has 1 N–H and O–H groups in total. The molecule has 0 saturated carbocycles. The molecule has 1 aromatic rings. The maximum atomic E-state index is 12.6. The quantitative estimate of drug-likeness (QED) is 0.896. The van der Waals surface area contributed by atoms with Gasteiger partial charge in [0, 0.05) is 6.54 Å². The Morgan fingerprint density at radius 2 is 1.91 bits per heavy atom. The molecule has 3 heteroatoms. The highest BCUT2D eigenvalue weighted by atomic mass is 16.2. The van der Waals surface area contributed by atoms with Gasteiger partial charge in [0.25, 0.3) is 0 Å². The van der Waals surface area contributed by atoms with Crippen LogP contribution in [0.1, 0.15) is 58.4 Å². The zero-order chi connectivity index (χ0) is 16.9. The number of hydrogen-bond donors (Lipinski definition) is 1. The van der Waals surface area contributed by atoms with Crippen LogP contribution < -0.4 is 5.32 Å². The molecule has 1 atom stereocenters. The third kappa shape index (κ3) is 4.81. The van der Waals surface area contributed by atoms with Crippen molar-refractivity contribution >= 4 is 5.91 Å². The average molecular weight is 316 g/mol. The zero-order valence-electron chi connectivity index (χ0n) is 15.1. The largest absolute Gasteiger partial charge is 0.354 e. The van der Waals surface area contributed by atoms with E-state index in [4.69, 9.17) is 0 Å². The summed E-state index contributed by atoms with van der Waals surface area (Å²) in [6.07, 6.45) is 3.50. The molecule has 1 heterocycles. The molecule has 0 aromatic heterocycles. The van der Waals surface area contributed by atoms with Gasteiger partial charge in [-0.25, -0.2) is 0 Å².